The minimum atomic E-state index is -0.431. The Morgan fingerprint density at radius 1 is 1.67 bits per heavy atom. The summed E-state index contributed by atoms with van der Waals surface area (Å²) >= 11 is 5.33. The lowest BCUT2D eigenvalue weighted by molar-refractivity contribution is 0.612. The van der Waals surface area contributed by atoms with Crippen LogP contribution in [0.1, 0.15) is 5.56 Å². The van der Waals surface area contributed by atoms with E-state index in [2.05, 4.69) is 4.98 Å². The zero-order chi connectivity index (χ0) is 6.85. The molecule has 0 N–H and O–H groups in total. The summed E-state index contributed by atoms with van der Waals surface area (Å²) in [5, 5.41) is -0.0602. The van der Waals surface area contributed by atoms with Crippen molar-refractivity contribution in [2.24, 2.45) is 0 Å². The van der Waals surface area contributed by atoms with Crippen molar-refractivity contribution in [3.63, 3.8) is 0 Å². The van der Waals surface area contributed by atoms with Crippen LogP contribution in [0.4, 0.5) is 4.39 Å². The topological polar surface area (TPSA) is 12.9 Å². The predicted octanol–water partition coefficient (Wildman–Crippen LogP) is 2.18. The van der Waals surface area contributed by atoms with Crippen molar-refractivity contribution in [1.82, 2.24) is 4.98 Å². The van der Waals surface area contributed by atoms with Gasteiger partial charge in [-0.05, 0) is 18.6 Å². The second kappa shape index (κ2) is 2.31. The number of aryl methyl sites for hydroxylation is 1. The molecule has 0 aliphatic heterocycles. The maximum absolute atomic E-state index is 12.5. The van der Waals surface area contributed by atoms with Crippen molar-refractivity contribution in [1.29, 1.82) is 0 Å². The lowest BCUT2D eigenvalue weighted by Gasteiger charge is -1.93. The van der Waals surface area contributed by atoms with Gasteiger partial charge >= 0.3 is 0 Å². The Labute approximate surface area is 57.5 Å². The van der Waals surface area contributed by atoms with E-state index in [1.807, 2.05) is 0 Å². The van der Waals surface area contributed by atoms with Gasteiger partial charge in [-0.1, -0.05) is 11.6 Å². The maximum Gasteiger partial charge on any atom is 0.164 e. The quantitative estimate of drug-likeness (QED) is 0.510. The summed E-state index contributed by atoms with van der Waals surface area (Å²) in [5.41, 5.74) is 0.523. The van der Waals surface area contributed by atoms with Gasteiger partial charge < -0.3 is 0 Å². The Morgan fingerprint density at radius 3 is 2.78 bits per heavy atom. The van der Waals surface area contributed by atoms with Crippen LogP contribution < -0.4 is 0 Å². The molecule has 0 fully saturated rings. The molecule has 0 aromatic carbocycles. The van der Waals surface area contributed by atoms with Crippen molar-refractivity contribution in [3.8, 4) is 0 Å². The molecular formula is C6H5ClFN. The summed E-state index contributed by atoms with van der Waals surface area (Å²) in [7, 11) is 0. The first-order valence-corrected chi connectivity index (χ1v) is 2.86. The molecule has 1 nitrogen and oxygen atoms in total. The molecule has 1 heterocycles. The van der Waals surface area contributed by atoms with Crippen LogP contribution in [-0.2, 0) is 0 Å². The fourth-order valence-corrected chi connectivity index (χ4v) is 0.712. The fourth-order valence-electron chi connectivity index (χ4n) is 0.507. The molecule has 48 valence electrons. The number of rotatable bonds is 0. The second-order valence-corrected chi connectivity index (χ2v) is 2.09. The SMILES string of the molecule is Cc1ccnc(Cl)c1F. The predicted molar refractivity (Wildman–Crippen MR) is 33.9 cm³/mol. The van der Waals surface area contributed by atoms with Crippen molar-refractivity contribution in [2.45, 2.75) is 6.92 Å². The van der Waals surface area contributed by atoms with Gasteiger partial charge in [0.2, 0.25) is 0 Å². The van der Waals surface area contributed by atoms with E-state index in [1.54, 1.807) is 13.0 Å². The Balaban J connectivity index is 3.25. The van der Waals surface area contributed by atoms with Crippen molar-refractivity contribution in [3.05, 3.63) is 28.8 Å². The molecule has 3 heteroatoms. The summed E-state index contributed by atoms with van der Waals surface area (Å²) in [4.78, 5) is 3.53. The van der Waals surface area contributed by atoms with E-state index in [9.17, 15) is 4.39 Å². The van der Waals surface area contributed by atoms with Crippen LogP contribution in [0.25, 0.3) is 0 Å². The highest BCUT2D eigenvalue weighted by atomic mass is 35.5. The lowest BCUT2D eigenvalue weighted by Crippen LogP contribution is -1.84. The number of pyridine rings is 1. The molecule has 0 bridgehead atoms. The molecule has 1 rings (SSSR count). The van der Waals surface area contributed by atoms with E-state index in [1.165, 1.54) is 6.20 Å². The van der Waals surface area contributed by atoms with Gasteiger partial charge in [0.15, 0.2) is 11.0 Å². The molecule has 1 aromatic heterocycles. The van der Waals surface area contributed by atoms with E-state index in [-0.39, 0.29) is 5.15 Å². The summed E-state index contributed by atoms with van der Waals surface area (Å²) in [6, 6.07) is 1.57. The maximum atomic E-state index is 12.5. The normalized spacial score (nSPS) is 9.67. The second-order valence-electron chi connectivity index (χ2n) is 1.73. The number of nitrogens with zero attached hydrogens (tertiary/aromatic N) is 1. The molecule has 0 unspecified atom stereocenters. The lowest BCUT2D eigenvalue weighted by atomic mass is 10.3. The van der Waals surface area contributed by atoms with Crippen LogP contribution in [0.5, 0.6) is 0 Å². The Kier molecular flexibility index (Phi) is 1.67. The van der Waals surface area contributed by atoms with Crippen LogP contribution in [0.15, 0.2) is 12.3 Å². The van der Waals surface area contributed by atoms with Gasteiger partial charge in [-0.3, -0.25) is 0 Å². The van der Waals surface area contributed by atoms with E-state index < -0.39 is 5.82 Å². The largest absolute Gasteiger partial charge is 0.242 e. The van der Waals surface area contributed by atoms with Crippen molar-refractivity contribution in [2.75, 3.05) is 0 Å². The summed E-state index contributed by atoms with van der Waals surface area (Å²) in [5.74, 6) is -0.431. The highest BCUT2D eigenvalue weighted by Gasteiger charge is 2.00. The summed E-state index contributed by atoms with van der Waals surface area (Å²) < 4.78 is 12.5. The number of halogens is 2. The van der Waals surface area contributed by atoms with E-state index in [0.29, 0.717) is 5.56 Å². The third-order valence-electron chi connectivity index (χ3n) is 1.04. The van der Waals surface area contributed by atoms with E-state index >= 15 is 0 Å². The average Bonchev–Trinajstić information content (AvgIpc) is 1.83. The first kappa shape index (κ1) is 6.49. The van der Waals surface area contributed by atoms with Crippen molar-refractivity contribution >= 4 is 11.6 Å². The minimum absolute atomic E-state index is 0.0602. The van der Waals surface area contributed by atoms with E-state index in [4.69, 9.17) is 11.6 Å². The average molecular weight is 146 g/mol. The molecule has 0 aliphatic carbocycles. The molecule has 9 heavy (non-hydrogen) atoms. The molecule has 0 radical (unpaired) electrons. The Bertz CT molecular complexity index is 204. The molecule has 0 saturated heterocycles. The van der Waals surface area contributed by atoms with Gasteiger partial charge in [0.05, 0.1) is 0 Å². The monoisotopic (exact) mass is 145 g/mol. The van der Waals surface area contributed by atoms with E-state index in [0.717, 1.165) is 0 Å². The third kappa shape index (κ3) is 1.19. The molecule has 0 amide bonds. The fraction of sp³-hybridized carbons (Fsp3) is 0.167. The standard InChI is InChI=1S/C6H5ClFN/c1-4-2-3-9-6(7)5(4)8/h2-3H,1H3. The molecule has 1 aromatic rings. The van der Waals surface area contributed by atoms with Crippen LogP contribution in [-0.4, -0.2) is 4.98 Å². The molecule has 0 spiro atoms. The first-order chi connectivity index (χ1) is 4.22. The third-order valence-corrected chi connectivity index (χ3v) is 1.30. The van der Waals surface area contributed by atoms with Crippen LogP contribution >= 0.6 is 11.6 Å². The van der Waals surface area contributed by atoms with Gasteiger partial charge in [-0.2, -0.15) is 0 Å². The number of hydrogen-bond donors (Lipinski definition) is 0. The summed E-state index contributed by atoms with van der Waals surface area (Å²) in [6.07, 6.45) is 1.47. The van der Waals surface area contributed by atoms with Gasteiger partial charge in [0.1, 0.15) is 0 Å². The first-order valence-electron chi connectivity index (χ1n) is 2.48. The zero-order valence-corrected chi connectivity index (χ0v) is 5.61. The number of hydrogen-bond acceptors (Lipinski definition) is 1. The summed E-state index contributed by atoms with van der Waals surface area (Å²) in [6.45, 7) is 1.64. The molecule has 0 aliphatic rings. The van der Waals surface area contributed by atoms with Gasteiger partial charge in [0.25, 0.3) is 0 Å². The van der Waals surface area contributed by atoms with Crippen LogP contribution in [0.3, 0.4) is 0 Å². The minimum Gasteiger partial charge on any atom is -0.242 e. The molecule has 0 saturated carbocycles. The smallest absolute Gasteiger partial charge is 0.164 e. The molecular weight excluding hydrogens is 141 g/mol. The van der Waals surface area contributed by atoms with Gasteiger partial charge in [-0.25, -0.2) is 9.37 Å². The highest BCUT2D eigenvalue weighted by Crippen LogP contribution is 2.12. The Morgan fingerprint density at radius 2 is 2.33 bits per heavy atom. The molecule has 0 atom stereocenters. The highest BCUT2D eigenvalue weighted by molar-refractivity contribution is 6.29. The number of aromatic nitrogens is 1. The van der Waals surface area contributed by atoms with Crippen LogP contribution in [0.2, 0.25) is 5.15 Å². The van der Waals surface area contributed by atoms with Gasteiger partial charge in [-0.15, -0.1) is 0 Å². The zero-order valence-electron chi connectivity index (χ0n) is 4.86. The van der Waals surface area contributed by atoms with Crippen molar-refractivity contribution < 1.29 is 4.39 Å². The van der Waals surface area contributed by atoms with Crippen LogP contribution in [0, 0.1) is 12.7 Å². The van der Waals surface area contributed by atoms with Gasteiger partial charge in [0, 0.05) is 6.20 Å². The Hall–Kier alpha value is -0.630.